The highest BCUT2D eigenvalue weighted by Crippen LogP contribution is 2.31. The largest absolute Gasteiger partial charge is 0.496 e. The molecule has 3 nitrogen and oxygen atoms in total. The first-order valence-corrected chi connectivity index (χ1v) is 7.01. The molecule has 96 valence electrons. The zero-order valence-electron chi connectivity index (χ0n) is 10.8. The molecule has 0 aliphatic rings. The van der Waals surface area contributed by atoms with Crippen molar-refractivity contribution in [2.45, 2.75) is 19.9 Å². The maximum atomic E-state index is 5.36. The van der Waals surface area contributed by atoms with Crippen LogP contribution in [-0.2, 0) is 6.54 Å². The Morgan fingerprint density at radius 1 is 1.33 bits per heavy atom. The molecule has 2 aromatic rings. The summed E-state index contributed by atoms with van der Waals surface area (Å²) in [5, 5.41) is 6.47. The van der Waals surface area contributed by atoms with Crippen LogP contribution in [0.25, 0.3) is 10.6 Å². The number of benzene rings is 1. The summed E-state index contributed by atoms with van der Waals surface area (Å²) in [5.74, 6) is 0.875. The number of thiazole rings is 1. The van der Waals surface area contributed by atoms with Gasteiger partial charge >= 0.3 is 0 Å². The minimum atomic E-state index is 0.833. The summed E-state index contributed by atoms with van der Waals surface area (Å²) in [6.07, 6.45) is 1.14. The normalized spacial score (nSPS) is 10.6. The number of ether oxygens (including phenoxy) is 1. The first-order valence-electron chi connectivity index (χ1n) is 6.13. The van der Waals surface area contributed by atoms with E-state index in [2.05, 4.69) is 22.6 Å². The average molecular weight is 262 g/mol. The fraction of sp³-hybridized carbons (Fsp3) is 0.357. The second-order valence-electron chi connectivity index (χ2n) is 4.02. The molecule has 0 radical (unpaired) electrons. The van der Waals surface area contributed by atoms with Crippen LogP contribution in [0.5, 0.6) is 5.75 Å². The molecular formula is C14H18N2OS. The van der Waals surface area contributed by atoms with Crippen molar-refractivity contribution in [1.82, 2.24) is 10.3 Å². The number of aromatic nitrogens is 1. The lowest BCUT2D eigenvalue weighted by atomic mass is 10.2. The van der Waals surface area contributed by atoms with E-state index in [-0.39, 0.29) is 0 Å². The number of nitrogens with zero attached hydrogens (tertiary/aromatic N) is 1. The van der Waals surface area contributed by atoms with Crippen molar-refractivity contribution in [3.8, 4) is 16.3 Å². The monoisotopic (exact) mass is 262 g/mol. The van der Waals surface area contributed by atoms with Crippen LogP contribution in [0.3, 0.4) is 0 Å². The molecule has 0 amide bonds. The second kappa shape index (κ2) is 6.52. The van der Waals surface area contributed by atoms with Gasteiger partial charge in [0.2, 0.25) is 0 Å². The molecule has 4 heteroatoms. The van der Waals surface area contributed by atoms with Crippen LogP contribution in [0.2, 0.25) is 0 Å². The van der Waals surface area contributed by atoms with Crippen LogP contribution >= 0.6 is 11.3 Å². The third-order valence-corrected chi connectivity index (χ3v) is 3.55. The van der Waals surface area contributed by atoms with E-state index >= 15 is 0 Å². The molecule has 1 aromatic heterocycles. The molecule has 0 bridgehead atoms. The molecule has 1 N–H and O–H groups in total. The summed E-state index contributed by atoms with van der Waals surface area (Å²) >= 11 is 1.66. The lowest BCUT2D eigenvalue weighted by molar-refractivity contribution is 0.416. The van der Waals surface area contributed by atoms with Gasteiger partial charge in [0, 0.05) is 11.9 Å². The van der Waals surface area contributed by atoms with E-state index < -0.39 is 0 Å². The van der Waals surface area contributed by atoms with Crippen LogP contribution in [0.15, 0.2) is 29.6 Å². The second-order valence-corrected chi connectivity index (χ2v) is 4.88. The van der Waals surface area contributed by atoms with Crippen LogP contribution in [0, 0.1) is 0 Å². The molecule has 1 aromatic carbocycles. The van der Waals surface area contributed by atoms with E-state index in [1.165, 1.54) is 0 Å². The fourth-order valence-electron chi connectivity index (χ4n) is 1.73. The summed E-state index contributed by atoms with van der Waals surface area (Å²) in [5.41, 5.74) is 2.15. The van der Waals surface area contributed by atoms with E-state index in [9.17, 15) is 0 Å². The first-order chi connectivity index (χ1) is 8.85. The van der Waals surface area contributed by atoms with Crippen molar-refractivity contribution in [1.29, 1.82) is 0 Å². The van der Waals surface area contributed by atoms with E-state index in [1.54, 1.807) is 18.4 Å². The Morgan fingerprint density at radius 3 is 2.94 bits per heavy atom. The lowest BCUT2D eigenvalue weighted by Gasteiger charge is -2.04. The van der Waals surface area contributed by atoms with Gasteiger partial charge in [-0.3, -0.25) is 0 Å². The number of hydrogen-bond acceptors (Lipinski definition) is 4. The first kappa shape index (κ1) is 13.1. The molecule has 0 fully saturated rings. The Hall–Kier alpha value is -1.39. The van der Waals surface area contributed by atoms with Gasteiger partial charge in [0.1, 0.15) is 10.8 Å². The number of nitrogens with one attached hydrogen (secondary N) is 1. The molecule has 0 saturated heterocycles. The molecule has 0 saturated carbocycles. The summed E-state index contributed by atoms with van der Waals surface area (Å²) < 4.78 is 5.36. The number of para-hydroxylation sites is 1. The van der Waals surface area contributed by atoms with Gasteiger partial charge < -0.3 is 10.1 Å². The van der Waals surface area contributed by atoms with Gasteiger partial charge in [-0.25, -0.2) is 4.98 Å². The highest BCUT2D eigenvalue weighted by molar-refractivity contribution is 7.13. The van der Waals surface area contributed by atoms with E-state index in [4.69, 9.17) is 4.74 Å². The Kier molecular flexibility index (Phi) is 4.73. The maximum absolute atomic E-state index is 5.36. The van der Waals surface area contributed by atoms with Crippen molar-refractivity contribution in [2.75, 3.05) is 13.7 Å². The fourth-order valence-corrected chi connectivity index (χ4v) is 2.58. The summed E-state index contributed by atoms with van der Waals surface area (Å²) in [4.78, 5) is 4.64. The van der Waals surface area contributed by atoms with Crippen molar-refractivity contribution in [3.05, 3.63) is 35.3 Å². The zero-order chi connectivity index (χ0) is 12.8. The van der Waals surface area contributed by atoms with E-state index in [0.29, 0.717) is 0 Å². The van der Waals surface area contributed by atoms with Gasteiger partial charge in [-0.2, -0.15) is 0 Å². The molecule has 0 aliphatic heterocycles. The van der Waals surface area contributed by atoms with Crippen molar-refractivity contribution in [3.63, 3.8) is 0 Å². The molecule has 0 atom stereocenters. The Morgan fingerprint density at radius 2 is 2.17 bits per heavy atom. The summed E-state index contributed by atoms with van der Waals surface area (Å²) in [6.45, 7) is 4.02. The smallest absolute Gasteiger partial charge is 0.129 e. The van der Waals surface area contributed by atoms with Gasteiger partial charge in [0.25, 0.3) is 0 Å². The maximum Gasteiger partial charge on any atom is 0.129 e. The van der Waals surface area contributed by atoms with Crippen LogP contribution < -0.4 is 10.1 Å². The highest BCUT2D eigenvalue weighted by Gasteiger charge is 2.09. The minimum Gasteiger partial charge on any atom is -0.496 e. The molecule has 0 unspecified atom stereocenters. The van der Waals surface area contributed by atoms with Gasteiger partial charge in [-0.15, -0.1) is 11.3 Å². The third kappa shape index (κ3) is 3.09. The predicted octanol–water partition coefficient (Wildman–Crippen LogP) is 3.32. The van der Waals surface area contributed by atoms with Crippen LogP contribution in [-0.4, -0.2) is 18.6 Å². The molecule has 2 rings (SSSR count). The molecule has 0 spiro atoms. The van der Waals surface area contributed by atoms with Crippen molar-refractivity contribution < 1.29 is 4.74 Å². The SMILES string of the molecule is CCCNCc1csc(-c2ccccc2OC)n1. The van der Waals surface area contributed by atoms with Crippen molar-refractivity contribution in [2.24, 2.45) is 0 Å². The molecule has 1 heterocycles. The third-order valence-electron chi connectivity index (χ3n) is 2.62. The predicted molar refractivity (Wildman–Crippen MR) is 76.1 cm³/mol. The van der Waals surface area contributed by atoms with E-state index in [0.717, 1.165) is 41.5 Å². The zero-order valence-corrected chi connectivity index (χ0v) is 11.6. The molecular weight excluding hydrogens is 244 g/mol. The van der Waals surface area contributed by atoms with Gasteiger partial charge in [0.15, 0.2) is 0 Å². The van der Waals surface area contributed by atoms with Crippen molar-refractivity contribution >= 4 is 11.3 Å². The quantitative estimate of drug-likeness (QED) is 0.811. The minimum absolute atomic E-state index is 0.833. The molecule has 0 aliphatic carbocycles. The van der Waals surface area contributed by atoms with Gasteiger partial charge in [-0.05, 0) is 25.1 Å². The Balaban J connectivity index is 2.13. The topological polar surface area (TPSA) is 34.1 Å². The average Bonchev–Trinajstić information content (AvgIpc) is 2.88. The van der Waals surface area contributed by atoms with Gasteiger partial charge in [-0.1, -0.05) is 19.1 Å². The number of hydrogen-bond donors (Lipinski definition) is 1. The standard InChI is InChI=1S/C14H18N2OS/c1-3-8-15-9-11-10-18-14(16-11)12-6-4-5-7-13(12)17-2/h4-7,10,15H,3,8-9H2,1-2H3. The van der Waals surface area contributed by atoms with Crippen LogP contribution in [0.1, 0.15) is 19.0 Å². The number of methoxy groups -OCH3 is 1. The van der Waals surface area contributed by atoms with E-state index in [1.807, 2.05) is 24.3 Å². The van der Waals surface area contributed by atoms with Gasteiger partial charge in [0.05, 0.1) is 18.4 Å². The molecule has 18 heavy (non-hydrogen) atoms. The van der Waals surface area contributed by atoms with Crippen LogP contribution in [0.4, 0.5) is 0 Å². The Labute approximate surface area is 112 Å². The summed E-state index contributed by atoms with van der Waals surface area (Å²) in [6, 6.07) is 7.99. The lowest BCUT2D eigenvalue weighted by Crippen LogP contribution is -2.13. The number of rotatable bonds is 6. The highest BCUT2D eigenvalue weighted by atomic mass is 32.1. The summed E-state index contributed by atoms with van der Waals surface area (Å²) in [7, 11) is 1.69. The Bertz CT molecular complexity index is 496.